The third-order valence-corrected chi connectivity index (χ3v) is 19.3. The van der Waals surface area contributed by atoms with Crippen molar-refractivity contribution in [3.63, 3.8) is 0 Å². The third-order valence-electron chi connectivity index (χ3n) is 19.3. The van der Waals surface area contributed by atoms with Crippen LogP contribution in [0.25, 0.3) is 86.7 Å². The van der Waals surface area contributed by atoms with Gasteiger partial charge in [-0.1, -0.05) is 191 Å². The van der Waals surface area contributed by atoms with Crippen molar-refractivity contribution in [3.05, 3.63) is 322 Å². The molecule has 1 aliphatic carbocycles. The minimum Gasteiger partial charge on any atom is -0.398 e. The van der Waals surface area contributed by atoms with E-state index in [1.807, 2.05) is 36.4 Å². The maximum absolute atomic E-state index is 12.7. The lowest BCUT2D eigenvalue weighted by Gasteiger charge is -2.42. The van der Waals surface area contributed by atoms with Crippen molar-refractivity contribution >= 4 is 124 Å². The summed E-state index contributed by atoms with van der Waals surface area (Å²) in [5.74, 6) is -0.874. The molecule has 0 unspecified atom stereocenters. The molecule has 0 saturated heterocycles. The Hall–Kier alpha value is -13.2. The number of fused-ring (bicyclic) bond motifs is 14. The number of nitriles is 2. The fraction of sp³-hybridized carbons (Fsp3) is 0.0698. The Morgan fingerprint density at radius 2 is 0.768 bits per heavy atom. The molecular weight excluding hydrogens is 1240 g/mol. The number of Topliss-reactive ketones (excluding diaryl/α,β-unsaturated/α-hetero) is 2. The van der Waals surface area contributed by atoms with Crippen molar-refractivity contribution in [1.82, 2.24) is 9.97 Å². The molecule has 3 heterocycles. The van der Waals surface area contributed by atoms with Gasteiger partial charge in [-0.05, 0) is 157 Å². The molecule has 99 heavy (non-hydrogen) atoms. The van der Waals surface area contributed by atoms with E-state index in [2.05, 4.69) is 235 Å². The summed E-state index contributed by atoms with van der Waals surface area (Å²) in [6.45, 7) is 23.5. The fourth-order valence-electron chi connectivity index (χ4n) is 14.3. The van der Waals surface area contributed by atoms with Crippen molar-refractivity contribution in [1.29, 1.82) is 10.5 Å². The first-order chi connectivity index (χ1) is 47.6. The van der Waals surface area contributed by atoms with Crippen LogP contribution in [0.2, 0.25) is 0 Å². The molecular formula is C86H61ClN10O2. The first kappa shape index (κ1) is 63.2. The number of carbonyl (C=O) groups is 2. The molecule has 0 radical (unpaired) electrons. The van der Waals surface area contributed by atoms with E-state index in [0.29, 0.717) is 39.1 Å². The third kappa shape index (κ3) is 10.5. The summed E-state index contributed by atoms with van der Waals surface area (Å²) in [5, 5.41) is 22.3. The molecule has 3 aliphatic rings. The van der Waals surface area contributed by atoms with Crippen LogP contribution in [0.5, 0.6) is 0 Å². The van der Waals surface area contributed by atoms with Gasteiger partial charge in [-0.3, -0.25) is 9.59 Å². The highest BCUT2D eigenvalue weighted by molar-refractivity contribution is 6.53. The zero-order valence-electron chi connectivity index (χ0n) is 54.2. The van der Waals surface area contributed by atoms with Crippen LogP contribution in [-0.4, -0.2) is 21.5 Å². The number of anilines is 8. The van der Waals surface area contributed by atoms with Crippen LogP contribution in [0.1, 0.15) is 83.2 Å². The number of benzene rings is 13. The molecule has 13 aromatic carbocycles. The first-order valence-corrected chi connectivity index (χ1v) is 32.0. The normalized spacial score (nSPS) is 13.2. The minimum atomic E-state index is -0.439. The van der Waals surface area contributed by atoms with Gasteiger partial charge >= 0.3 is 0 Å². The lowest BCUT2D eigenvalue weighted by molar-refractivity contribution is 0.0815. The van der Waals surface area contributed by atoms with Crippen molar-refractivity contribution in [2.45, 2.75) is 38.5 Å². The summed E-state index contributed by atoms with van der Waals surface area (Å²) < 4.78 is 0. The second-order valence-corrected chi connectivity index (χ2v) is 25.6. The van der Waals surface area contributed by atoms with Crippen LogP contribution < -0.4 is 21.3 Å². The quantitative estimate of drug-likeness (QED) is 0.0567. The average molecular weight is 1300 g/mol. The van der Waals surface area contributed by atoms with Gasteiger partial charge < -0.3 is 21.3 Å². The zero-order chi connectivity index (χ0) is 67.7. The van der Waals surface area contributed by atoms with Gasteiger partial charge in [0.2, 0.25) is 22.9 Å². The lowest BCUT2D eigenvalue weighted by atomic mass is 9.73. The van der Waals surface area contributed by atoms with E-state index >= 15 is 0 Å². The standard InChI is InChI=1S/C43H27N5.C35H25NO2.C8H6N4.ClH.H2/c1-43(2)34-12-6-8-14-39(34)48(40-15-9-7-13-35(40)43)29-19-16-26(17-20-29)27-18-21-32-33(22-27)30-10-4-5-11-31(30)41-42(32)47-38-24-36(45-3)28(25-44)23-37(38)46-41;1-35(2)29-11-5-7-13-31(29)36(32-14-8-6-12-30(32)35)24-18-15-22(16-19-24)23-17-20-27-28(21-23)25-9-3-4-10-26(25)33(37)34(27)38;1-12-8-3-7(11)6(10)2-5(8)4-9;;/h4-24H,1-2H3;3-21H,1-2H3;2-3H,10-11H2;2*1H. The topological polar surface area (TPSA) is 175 Å². The number of nitrogen functional groups attached to an aromatic ring is 2. The summed E-state index contributed by atoms with van der Waals surface area (Å²) in [5.41, 5.74) is 34.3. The number of hydrogen-bond donors (Lipinski definition) is 2. The molecule has 0 fully saturated rings. The van der Waals surface area contributed by atoms with Gasteiger partial charge in [0.1, 0.15) is 0 Å². The van der Waals surface area contributed by atoms with Crippen LogP contribution in [0.4, 0.5) is 56.9 Å². The fourth-order valence-corrected chi connectivity index (χ4v) is 14.3. The molecule has 0 amide bonds. The molecule has 474 valence electrons. The number of nitrogens with two attached hydrogens (primary N) is 2. The van der Waals surface area contributed by atoms with E-state index in [-0.39, 0.29) is 41.6 Å². The maximum atomic E-state index is 12.7. The number of nitrogens with zero attached hydrogens (tertiary/aromatic N) is 8. The van der Waals surface area contributed by atoms with Crippen LogP contribution >= 0.6 is 12.4 Å². The van der Waals surface area contributed by atoms with Crippen molar-refractivity contribution in [2.24, 2.45) is 0 Å². The second-order valence-electron chi connectivity index (χ2n) is 25.6. The van der Waals surface area contributed by atoms with Crippen molar-refractivity contribution < 1.29 is 11.0 Å². The number of carbonyl (C=O) groups excluding carboxylic acids is 2. The molecule has 0 atom stereocenters. The lowest BCUT2D eigenvalue weighted by Crippen LogP contribution is -2.30. The largest absolute Gasteiger partial charge is 0.398 e. The predicted octanol–water partition coefficient (Wildman–Crippen LogP) is 21.7. The summed E-state index contributed by atoms with van der Waals surface area (Å²) >= 11 is 0. The molecule has 1 aromatic heterocycles. The number of ketones is 2. The Morgan fingerprint density at radius 3 is 1.26 bits per heavy atom. The van der Waals surface area contributed by atoms with E-state index in [1.54, 1.807) is 30.3 Å². The molecule has 13 heteroatoms. The van der Waals surface area contributed by atoms with Gasteiger partial charge in [-0.25, -0.2) is 19.7 Å². The Labute approximate surface area is 580 Å². The maximum Gasteiger partial charge on any atom is 0.234 e. The Bertz CT molecular complexity index is 5780. The molecule has 4 N–H and O–H groups in total. The van der Waals surface area contributed by atoms with E-state index in [9.17, 15) is 14.9 Å². The van der Waals surface area contributed by atoms with E-state index in [4.69, 9.17) is 39.8 Å². The molecule has 2 aliphatic heterocycles. The number of aromatic nitrogens is 2. The molecule has 0 saturated carbocycles. The van der Waals surface area contributed by atoms with Crippen LogP contribution in [0.3, 0.4) is 0 Å². The van der Waals surface area contributed by atoms with E-state index in [1.165, 1.54) is 57.1 Å². The van der Waals surface area contributed by atoms with Crippen LogP contribution in [0.15, 0.2) is 255 Å². The van der Waals surface area contributed by atoms with Gasteiger partial charge in [0.05, 0.1) is 86.9 Å². The molecule has 17 rings (SSSR count). The van der Waals surface area contributed by atoms with E-state index in [0.717, 1.165) is 77.3 Å². The number of halogens is 1. The SMILES string of the molecule is CC1(C)c2ccccc2N(c2ccc(-c3ccc4c(c3)-c3ccccc3C(=O)C4=O)cc2)c2ccccc21.Cl.[C-]#[N+]c1cc(N)c(N)cc1C#N.[C-]#[N+]c1cc2nc3c4ccc(-c5ccc(N6c7ccccc7C(C)(C)c7ccccc76)cc5)cc4c4ccccc4c3nc2cc1C#N.[HH]. The van der Waals surface area contributed by atoms with Crippen LogP contribution in [0, 0.1) is 35.8 Å². The van der Waals surface area contributed by atoms with Gasteiger partial charge in [-0.15, -0.1) is 12.4 Å². The molecule has 12 nitrogen and oxygen atoms in total. The summed E-state index contributed by atoms with van der Waals surface area (Å²) in [6.07, 6.45) is 0. The van der Waals surface area contributed by atoms with Gasteiger partial charge in [-0.2, -0.15) is 10.5 Å². The molecule has 14 aromatic rings. The highest BCUT2D eigenvalue weighted by atomic mass is 35.5. The van der Waals surface area contributed by atoms with Gasteiger partial charge in [0.15, 0.2) is 0 Å². The highest BCUT2D eigenvalue weighted by Crippen LogP contribution is 2.54. The number of hydrogen-bond acceptors (Lipinski definition) is 10. The second kappa shape index (κ2) is 24.8. The average Bonchev–Trinajstić information content (AvgIpc) is 0.752. The molecule has 0 spiro atoms. The monoisotopic (exact) mass is 1300 g/mol. The summed E-state index contributed by atoms with van der Waals surface area (Å²) in [4.78, 5) is 46.8. The van der Waals surface area contributed by atoms with Crippen LogP contribution in [-0.2, 0) is 10.8 Å². The first-order valence-electron chi connectivity index (χ1n) is 32.0. The van der Waals surface area contributed by atoms with Crippen molar-refractivity contribution in [2.75, 3.05) is 21.3 Å². The number of para-hydroxylation sites is 4. The molecule has 0 bridgehead atoms. The zero-order valence-corrected chi connectivity index (χ0v) is 55.0. The van der Waals surface area contributed by atoms with E-state index < -0.39 is 11.6 Å². The van der Waals surface area contributed by atoms with Gasteiger partial charge in [0.25, 0.3) is 0 Å². The number of rotatable bonds is 4. The smallest absolute Gasteiger partial charge is 0.234 e. The summed E-state index contributed by atoms with van der Waals surface area (Å²) in [7, 11) is 0. The predicted molar refractivity (Wildman–Crippen MR) is 404 cm³/mol. The van der Waals surface area contributed by atoms with Crippen molar-refractivity contribution in [3.8, 4) is 45.5 Å². The summed E-state index contributed by atoms with van der Waals surface area (Å²) in [6, 6.07) is 90.1. The minimum absolute atomic E-state index is 0. The Balaban J connectivity index is 0.000000154. The Morgan fingerprint density at radius 1 is 0.394 bits per heavy atom. The van der Waals surface area contributed by atoms with Gasteiger partial charge in [0, 0.05) is 51.2 Å². The highest BCUT2D eigenvalue weighted by Gasteiger charge is 2.38. The Kier molecular flexibility index (Phi) is 15.8.